The minimum Gasteiger partial charge on any atom is -0.481 e. The first kappa shape index (κ1) is 18.2. The maximum atomic E-state index is 11.9. The van der Waals surface area contributed by atoms with Gasteiger partial charge in [0.2, 0.25) is 5.91 Å². The molecule has 7 nitrogen and oxygen atoms in total. The second kappa shape index (κ2) is 10.1. The van der Waals surface area contributed by atoms with Crippen molar-refractivity contribution in [2.45, 2.75) is 33.6 Å². The van der Waals surface area contributed by atoms with E-state index in [2.05, 4.69) is 10.6 Å². The van der Waals surface area contributed by atoms with E-state index in [9.17, 15) is 14.4 Å². The first-order valence-corrected chi connectivity index (χ1v) is 6.91. The average Bonchev–Trinajstić information content (AvgIpc) is 2.40. The van der Waals surface area contributed by atoms with E-state index in [1.807, 2.05) is 13.8 Å². The van der Waals surface area contributed by atoms with Gasteiger partial charge in [0.25, 0.3) is 0 Å². The van der Waals surface area contributed by atoms with E-state index in [-0.39, 0.29) is 30.8 Å². The Morgan fingerprint density at radius 3 is 2.35 bits per heavy atom. The summed E-state index contributed by atoms with van der Waals surface area (Å²) in [5, 5.41) is 13.9. The summed E-state index contributed by atoms with van der Waals surface area (Å²) in [4.78, 5) is 35.2. The number of hydrogen-bond acceptors (Lipinski definition) is 3. The number of nitrogens with one attached hydrogen (secondary N) is 2. The van der Waals surface area contributed by atoms with Crippen molar-refractivity contribution in [2.75, 3.05) is 26.2 Å². The molecule has 1 atom stereocenters. The fourth-order valence-electron chi connectivity index (χ4n) is 1.60. The molecule has 0 heterocycles. The largest absolute Gasteiger partial charge is 0.481 e. The van der Waals surface area contributed by atoms with Gasteiger partial charge < -0.3 is 20.6 Å². The molecule has 0 aromatic heterocycles. The van der Waals surface area contributed by atoms with Crippen LogP contribution in [0, 0.1) is 5.92 Å². The minimum atomic E-state index is -0.838. The molecular weight excluding hydrogens is 262 g/mol. The van der Waals surface area contributed by atoms with Crippen molar-refractivity contribution in [3.63, 3.8) is 0 Å². The molecule has 3 N–H and O–H groups in total. The van der Waals surface area contributed by atoms with Crippen LogP contribution in [0.1, 0.15) is 33.6 Å². The topological polar surface area (TPSA) is 98.7 Å². The van der Waals surface area contributed by atoms with Crippen LogP contribution in [-0.4, -0.2) is 54.1 Å². The number of rotatable bonds is 9. The molecule has 1 unspecified atom stereocenters. The fraction of sp³-hybridized carbons (Fsp3) is 0.769. The lowest BCUT2D eigenvalue weighted by molar-refractivity contribution is -0.137. The molecular formula is C13H25N3O4. The van der Waals surface area contributed by atoms with Crippen LogP contribution in [0.3, 0.4) is 0 Å². The van der Waals surface area contributed by atoms with Crippen LogP contribution in [0.2, 0.25) is 0 Å². The summed E-state index contributed by atoms with van der Waals surface area (Å²) in [6, 6.07) is -0.305. The lowest BCUT2D eigenvalue weighted by Gasteiger charge is -2.22. The van der Waals surface area contributed by atoms with E-state index in [0.29, 0.717) is 26.1 Å². The van der Waals surface area contributed by atoms with Crippen molar-refractivity contribution < 1.29 is 19.5 Å². The number of hydrogen-bond donors (Lipinski definition) is 3. The molecule has 0 aromatic rings. The van der Waals surface area contributed by atoms with Crippen LogP contribution in [0.25, 0.3) is 0 Å². The quantitative estimate of drug-likeness (QED) is 0.580. The number of aliphatic carboxylic acids is 1. The zero-order valence-electron chi connectivity index (χ0n) is 12.4. The molecule has 0 rings (SSSR count). The monoisotopic (exact) mass is 287 g/mol. The van der Waals surface area contributed by atoms with Crippen molar-refractivity contribution in [3.05, 3.63) is 0 Å². The third-order valence-electron chi connectivity index (χ3n) is 2.83. The van der Waals surface area contributed by atoms with Gasteiger partial charge in [0, 0.05) is 26.1 Å². The van der Waals surface area contributed by atoms with Gasteiger partial charge in [-0.2, -0.15) is 0 Å². The van der Waals surface area contributed by atoms with Gasteiger partial charge in [-0.05, 0) is 26.2 Å². The lowest BCUT2D eigenvalue weighted by Crippen LogP contribution is -2.46. The van der Waals surface area contributed by atoms with E-state index >= 15 is 0 Å². The standard InChI is InChI=1S/C13H25N3O4/c1-4-14-11(17)9-16(5-2)13(20)15-8-10(3)6-7-12(18)19/h10H,4-9H2,1-3H3,(H,14,17)(H,15,20)(H,18,19). The third-order valence-corrected chi connectivity index (χ3v) is 2.83. The SMILES string of the molecule is CCNC(=O)CN(CC)C(=O)NCC(C)CCC(=O)O. The van der Waals surface area contributed by atoms with Crippen molar-refractivity contribution in [3.8, 4) is 0 Å². The highest BCUT2D eigenvalue weighted by Crippen LogP contribution is 2.04. The molecule has 0 bridgehead atoms. The highest BCUT2D eigenvalue weighted by Gasteiger charge is 2.15. The summed E-state index contributed by atoms with van der Waals surface area (Å²) in [6.07, 6.45) is 0.603. The molecule has 0 aliphatic carbocycles. The van der Waals surface area contributed by atoms with Crippen LogP contribution in [0.4, 0.5) is 4.79 Å². The van der Waals surface area contributed by atoms with Gasteiger partial charge in [-0.15, -0.1) is 0 Å². The molecule has 0 saturated heterocycles. The van der Waals surface area contributed by atoms with Gasteiger partial charge in [0.05, 0.1) is 0 Å². The fourth-order valence-corrected chi connectivity index (χ4v) is 1.60. The summed E-state index contributed by atoms with van der Waals surface area (Å²) >= 11 is 0. The van der Waals surface area contributed by atoms with Gasteiger partial charge >= 0.3 is 12.0 Å². The zero-order valence-corrected chi connectivity index (χ0v) is 12.4. The number of urea groups is 1. The van der Waals surface area contributed by atoms with Crippen LogP contribution in [-0.2, 0) is 9.59 Å². The minimum absolute atomic E-state index is 0.0275. The Labute approximate surface area is 119 Å². The van der Waals surface area contributed by atoms with Gasteiger partial charge in [0.1, 0.15) is 6.54 Å². The summed E-state index contributed by atoms with van der Waals surface area (Å²) in [7, 11) is 0. The maximum absolute atomic E-state index is 11.9. The summed E-state index contributed by atoms with van der Waals surface area (Å²) < 4.78 is 0. The van der Waals surface area contributed by atoms with Gasteiger partial charge in [-0.3, -0.25) is 9.59 Å². The summed E-state index contributed by atoms with van der Waals surface area (Å²) in [6.45, 7) is 6.89. The Kier molecular flexibility index (Phi) is 9.15. The van der Waals surface area contributed by atoms with Crippen LogP contribution in [0.5, 0.6) is 0 Å². The Bertz CT molecular complexity index is 334. The third kappa shape index (κ3) is 8.34. The molecule has 0 saturated carbocycles. The second-order valence-electron chi connectivity index (χ2n) is 4.69. The number of likely N-dealkylation sites (N-methyl/N-ethyl adjacent to an activating group) is 2. The lowest BCUT2D eigenvalue weighted by atomic mass is 10.1. The first-order valence-electron chi connectivity index (χ1n) is 6.91. The van der Waals surface area contributed by atoms with Gasteiger partial charge in [0.15, 0.2) is 0 Å². The Balaban J connectivity index is 4.08. The highest BCUT2D eigenvalue weighted by molar-refractivity contribution is 5.83. The number of carboxylic acids is 1. The van der Waals surface area contributed by atoms with Crippen molar-refractivity contribution >= 4 is 17.9 Å². The molecule has 20 heavy (non-hydrogen) atoms. The van der Waals surface area contributed by atoms with E-state index in [1.165, 1.54) is 4.90 Å². The number of amides is 3. The normalized spacial score (nSPS) is 11.6. The second-order valence-corrected chi connectivity index (χ2v) is 4.69. The Hall–Kier alpha value is -1.79. The summed E-state index contributed by atoms with van der Waals surface area (Å²) in [5.74, 6) is -0.948. The average molecular weight is 287 g/mol. The van der Waals surface area contributed by atoms with E-state index < -0.39 is 5.97 Å². The number of carboxylic acid groups (broad SMARTS) is 1. The Morgan fingerprint density at radius 2 is 1.85 bits per heavy atom. The smallest absolute Gasteiger partial charge is 0.317 e. The van der Waals surface area contributed by atoms with E-state index in [4.69, 9.17) is 5.11 Å². The molecule has 0 spiro atoms. The molecule has 3 amide bonds. The molecule has 0 radical (unpaired) electrons. The van der Waals surface area contributed by atoms with E-state index in [0.717, 1.165) is 0 Å². The predicted molar refractivity (Wildman–Crippen MR) is 75.4 cm³/mol. The van der Waals surface area contributed by atoms with Crippen molar-refractivity contribution in [1.29, 1.82) is 0 Å². The van der Waals surface area contributed by atoms with Crippen LogP contribution < -0.4 is 10.6 Å². The summed E-state index contributed by atoms with van der Waals surface area (Å²) in [5.41, 5.74) is 0. The molecule has 0 aromatic carbocycles. The van der Waals surface area contributed by atoms with Crippen molar-refractivity contribution in [1.82, 2.24) is 15.5 Å². The van der Waals surface area contributed by atoms with Gasteiger partial charge in [-0.1, -0.05) is 6.92 Å². The zero-order chi connectivity index (χ0) is 15.5. The van der Waals surface area contributed by atoms with Gasteiger partial charge in [-0.25, -0.2) is 4.79 Å². The first-order chi connectivity index (χ1) is 9.40. The highest BCUT2D eigenvalue weighted by atomic mass is 16.4. The number of carbonyl (C=O) groups excluding carboxylic acids is 2. The van der Waals surface area contributed by atoms with E-state index in [1.54, 1.807) is 6.92 Å². The maximum Gasteiger partial charge on any atom is 0.317 e. The van der Waals surface area contributed by atoms with Crippen LogP contribution in [0.15, 0.2) is 0 Å². The Morgan fingerprint density at radius 1 is 1.20 bits per heavy atom. The number of carbonyl (C=O) groups is 3. The molecule has 0 aliphatic rings. The molecule has 0 fully saturated rings. The van der Waals surface area contributed by atoms with Crippen LogP contribution >= 0.6 is 0 Å². The van der Waals surface area contributed by atoms with Crippen molar-refractivity contribution in [2.24, 2.45) is 5.92 Å². The number of nitrogens with zero attached hydrogens (tertiary/aromatic N) is 1. The molecule has 7 heteroatoms. The predicted octanol–water partition coefficient (Wildman–Crippen LogP) is 0.655. The molecule has 116 valence electrons. The molecule has 0 aliphatic heterocycles.